The van der Waals surface area contributed by atoms with Crippen molar-refractivity contribution >= 4 is 0 Å². The number of hydrogen-bond donors (Lipinski definition) is 1. The van der Waals surface area contributed by atoms with Crippen molar-refractivity contribution in [2.24, 2.45) is 0 Å². The first-order valence-corrected chi connectivity index (χ1v) is 3.39. The summed E-state index contributed by atoms with van der Waals surface area (Å²) in [5, 5.41) is 8.96. The summed E-state index contributed by atoms with van der Waals surface area (Å²) in [6, 6.07) is 2.83. The summed E-state index contributed by atoms with van der Waals surface area (Å²) in [6.45, 7) is 0. The van der Waals surface area contributed by atoms with E-state index < -0.39 is 17.5 Å². The van der Waals surface area contributed by atoms with Gasteiger partial charge in [0.05, 0.1) is 12.7 Å². The van der Waals surface area contributed by atoms with E-state index in [0.29, 0.717) is 0 Å². The standard InChI is InChI=1S/C8H7F3O2/c1-13-5-2-3-6(7(12)4-5)8(9,10)11/h2-4,12H,1H3. The molecule has 5 heteroatoms. The van der Waals surface area contributed by atoms with Crippen LogP contribution in [0.5, 0.6) is 11.5 Å². The molecule has 0 aliphatic heterocycles. The SMILES string of the molecule is COc1ccc(C(F)(F)F)c(O)c1. The molecule has 0 saturated heterocycles. The van der Waals surface area contributed by atoms with Gasteiger partial charge in [-0.2, -0.15) is 13.2 Å². The maximum absolute atomic E-state index is 12.1. The predicted octanol–water partition coefficient (Wildman–Crippen LogP) is 2.42. The van der Waals surface area contributed by atoms with Crippen molar-refractivity contribution < 1.29 is 23.0 Å². The number of methoxy groups -OCH3 is 1. The van der Waals surface area contributed by atoms with Crippen LogP contribution in [0, 0.1) is 0 Å². The number of ether oxygens (including phenoxy) is 1. The summed E-state index contributed by atoms with van der Waals surface area (Å²) in [5.74, 6) is -0.641. The highest BCUT2D eigenvalue weighted by Crippen LogP contribution is 2.37. The van der Waals surface area contributed by atoms with E-state index in [0.717, 1.165) is 18.2 Å². The van der Waals surface area contributed by atoms with Crippen molar-refractivity contribution in [1.29, 1.82) is 0 Å². The van der Waals surface area contributed by atoms with E-state index in [1.165, 1.54) is 7.11 Å². The number of alkyl halides is 3. The molecule has 1 N–H and O–H groups in total. The molecular weight excluding hydrogens is 185 g/mol. The quantitative estimate of drug-likeness (QED) is 0.740. The normalized spacial score (nSPS) is 11.4. The van der Waals surface area contributed by atoms with Crippen molar-refractivity contribution in [2.45, 2.75) is 6.18 Å². The largest absolute Gasteiger partial charge is 0.507 e. The number of phenols is 1. The molecule has 0 radical (unpaired) electrons. The number of rotatable bonds is 1. The lowest BCUT2D eigenvalue weighted by molar-refractivity contribution is -0.138. The van der Waals surface area contributed by atoms with E-state index in [2.05, 4.69) is 4.74 Å². The monoisotopic (exact) mass is 192 g/mol. The minimum Gasteiger partial charge on any atom is -0.507 e. The number of phenolic OH excluding ortho intramolecular Hbond substituents is 1. The van der Waals surface area contributed by atoms with E-state index in [1.807, 2.05) is 0 Å². The lowest BCUT2D eigenvalue weighted by Crippen LogP contribution is -2.04. The topological polar surface area (TPSA) is 29.5 Å². The fourth-order valence-electron chi connectivity index (χ4n) is 0.878. The summed E-state index contributed by atoms with van der Waals surface area (Å²) >= 11 is 0. The molecule has 0 aliphatic rings. The Balaban J connectivity index is 3.13. The van der Waals surface area contributed by atoms with Crippen LogP contribution in [0.2, 0.25) is 0 Å². The van der Waals surface area contributed by atoms with Gasteiger partial charge in [0.2, 0.25) is 0 Å². The zero-order chi connectivity index (χ0) is 10.1. The molecule has 0 aromatic heterocycles. The summed E-state index contributed by atoms with van der Waals surface area (Å²) < 4.78 is 40.9. The summed E-state index contributed by atoms with van der Waals surface area (Å²) in [7, 11) is 1.31. The van der Waals surface area contributed by atoms with Gasteiger partial charge in [0, 0.05) is 6.07 Å². The molecule has 2 nitrogen and oxygen atoms in total. The molecule has 1 aromatic rings. The highest BCUT2D eigenvalue weighted by molar-refractivity contribution is 5.41. The second-order valence-corrected chi connectivity index (χ2v) is 2.38. The Labute approximate surface area is 72.6 Å². The Morgan fingerprint density at radius 1 is 1.31 bits per heavy atom. The molecule has 0 unspecified atom stereocenters. The highest BCUT2D eigenvalue weighted by Gasteiger charge is 2.33. The van der Waals surface area contributed by atoms with Crippen LogP contribution in [0.3, 0.4) is 0 Å². The van der Waals surface area contributed by atoms with Gasteiger partial charge >= 0.3 is 6.18 Å². The Hall–Kier alpha value is -1.39. The van der Waals surface area contributed by atoms with Gasteiger partial charge in [-0.25, -0.2) is 0 Å². The average molecular weight is 192 g/mol. The molecule has 13 heavy (non-hydrogen) atoms. The van der Waals surface area contributed by atoms with Gasteiger partial charge in [0.25, 0.3) is 0 Å². The van der Waals surface area contributed by atoms with Crippen LogP contribution in [-0.2, 0) is 6.18 Å². The van der Waals surface area contributed by atoms with E-state index in [-0.39, 0.29) is 5.75 Å². The van der Waals surface area contributed by atoms with Crippen molar-refractivity contribution in [3.05, 3.63) is 23.8 Å². The minimum atomic E-state index is -4.53. The van der Waals surface area contributed by atoms with E-state index in [4.69, 9.17) is 5.11 Å². The lowest BCUT2D eigenvalue weighted by Gasteiger charge is -2.09. The number of aromatic hydroxyl groups is 1. The van der Waals surface area contributed by atoms with Crippen LogP contribution in [0.25, 0.3) is 0 Å². The smallest absolute Gasteiger partial charge is 0.419 e. The lowest BCUT2D eigenvalue weighted by atomic mass is 10.2. The van der Waals surface area contributed by atoms with Gasteiger partial charge in [-0.1, -0.05) is 0 Å². The van der Waals surface area contributed by atoms with Gasteiger partial charge in [0.15, 0.2) is 0 Å². The molecule has 0 aliphatic carbocycles. The molecule has 0 saturated carbocycles. The van der Waals surface area contributed by atoms with Crippen molar-refractivity contribution in [3.8, 4) is 11.5 Å². The first kappa shape index (κ1) is 9.70. The number of halogens is 3. The summed E-state index contributed by atoms with van der Waals surface area (Å²) in [4.78, 5) is 0. The molecule has 72 valence electrons. The third kappa shape index (κ3) is 2.05. The maximum atomic E-state index is 12.1. The summed E-state index contributed by atoms with van der Waals surface area (Å²) in [5.41, 5.74) is -1.06. The zero-order valence-corrected chi connectivity index (χ0v) is 6.72. The third-order valence-electron chi connectivity index (χ3n) is 1.51. The Morgan fingerprint density at radius 2 is 1.92 bits per heavy atom. The van der Waals surface area contributed by atoms with Crippen molar-refractivity contribution in [3.63, 3.8) is 0 Å². The molecule has 0 spiro atoms. The first-order valence-electron chi connectivity index (χ1n) is 3.39. The predicted molar refractivity (Wildman–Crippen MR) is 39.7 cm³/mol. The van der Waals surface area contributed by atoms with Crippen LogP contribution >= 0.6 is 0 Å². The molecule has 0 bridgehead atoms. The van der Waals surface area contributed by atoms with Crippen LogP contribution in [0.15, 0.2) is 18.2 Å². The van der Waals surface area contributed by atoms with Gasteiger partial charge < -0.3 is 9.84 Å². The van der Waals surface area contributed by atoms with Crippen molar-refractivity contribution in [2.75, 3.05) is 7.11 Å². The summed E-state index contributed by atoms with van der Waals surface area (Å²) in [6.07, 6.45) is -4.53. The Kier molecular flexibility index (Phi) is 2.36. The van der Waals surface area contributed by atoms with Crippen LogP contribution in [-0.4, -0.2) is 12.2 Å². The Bertz CT molecular complexity index is 307. The van der Waals surface area contributed by atoms with Gasteiger partial charge in [-0.15, -0.1) is 0 Å². The molecule has 0 heterocycles. The molecule has 1 aromatic carbocycles. The van der Waals surface area contributed by atoms with E-state index in [9.17, 15) is 13.2 Å². The molecule has 0 fully saturated rings. The van der Waals surface area contributed by atoms with E-state index in [1.54, 1.807) is 0 Å². The number of hydrogen-bond acceptors (Lipinski definition) is 2. The van der Waals surface area contributed by atoms with E-state index >= 15 is 0 Å². The fourth-order valence-corrected chi connectivity index (χ4v) is 0.878. The third-order valence-corrected chi connectivity index (χ3v) is 1.51. The molecular formula is C8H7F3O2. The van der Waals surface area contributed by atoms with Crippen LogP contribution in [0.4, 0.5) is 13.2 Å². The maximum Gasteiger partial charge on any atom is 0.419 e. The van der Waals surface area contributed by atoms with Crippen LogP contribution in [0.1, 0.15) is 5.56 Å². The zero-order valence-electron chi connectivity index (χ0n) is 6.72. The molecule has 1 rings (SSSR count). The fraction of sp³-hybridized carbons (Fsp3) is 0.250. The van der Waals surface area contributed by atoms with Crippen LogP contribution < -0.4 is 4.74 Å². The average Bonchev–Trinajstić information content (AvgIpc) is 2.01. The first-order chi connectivity index (χ1) is 5.95. The van der Waals surface area contributed by atoms with Gasteiger partial charge in [0.1, 0.15) is 11.5 Å². The molecule has 0 amide bonds. The minimum absolute atomic E-state index is 0.186. The second kappa shape index (κ2) is 3.16. The van der Waals surface area contributed by atoms with Gasteiger partial charge in [-0.3, -0.25) is 0 Å². The second-order valence-electron chi connectivity index (χ2n) is 2.38. The van der Waals surface area contributed by atoms with Gasteiger partial charge in [-0.05, 0) is 12.1 Å². The number of benzene rings is 1. The Morgan fingerprint density at radius 3 is 2.31 bits per heavy atom. The van der Waals surface area contributed by atoms with Crippen molar-refractivity contribution in [1.82, 2.24) is 0 Å². The highest BCUT2D eigenvalue weighted by atomic mass is 19.4. The molecule has 0 atom stereocenters.